The minimum absolute atomic E-state index is 0.0351. The summed E-state index contributed by atoms with van der Waals surface area (Å²) in [4.78, 5) is 0. The lowest BCUT2D eigenvalue weighted by Gasteiger charge is -2.10. The zero-order valence-corrected chi connectivity index (χ0v) is 12.2. The fourth-order valence-electron chi connectivity index (χ4n) is 2.26. The molecule has 1 aliphatic rings. The highest BCUT2D eigenvalue weighted by molar-refractivity contribution is 7.88. The summed E-state index contributed by atoms with van der Waals surface area (Å²) in [6.45, 7) is 1.17. The highest BCUT2D eigenvalue weighted by atomic mass is 32.2. The molecule has 20 heavy (non-hydrogen) atoms. The van der Waals surface area contributed by atoms with Crippen molar-refractivity contribution in [2.75, 3.05) is 13.2 Å². The average molecular weight is 299 g/mol. The van der Waals surface area contributed by atoms with Crippen molar-refractivity contribution in [2.45, 2.75) is 37.7 Å². The number of hydrogen-bond acceptors (Lipinski definition) is 4. The Labute approximate surface area is 120 Å². The highest BCUT2D eigenvalue weighted by Crippen LogP contribution is 2.14. The van der Waals surface area contributed by atoms with Gasteiger partial charge in [-0.05, 0) is 30.4 Å². The van der Waals surface area contributed by atoms with E-state index in [2.05, 4.69) is 4.72 Å². The fourth-order valence-corrected chi connectivity index (χ4v) is 3.42. The molecule has 1 aromatic rings. The minimum Gasteiger partial charge on any atom is -0.392 e. The first-order chi connectivity index (χ1) is 9.59. The second kappa shape index (κ2) is 7.17. The zero-order chi connectivity index (χ0) is 14.4. The third-order valence-electron chi connectivity index (χ3n) is 3.37. The lowest BCUT2D eigenvalue weighted by molar-refractivity contribution is 0.105. The van der Waals surface area contributed by atoms with Crippen LogP contribution in [0, 0.1) is 0 Å². The third kappa shape index (κ3) is 4.86. The monoisotopic (exact) mass is 299 g/mol. The number of benzene rings is 1. The molecule has 1 heterocycles. The van der Waals surface area contributed by atoms with Crippen LogP contribution in [0.5, 0.6) is 0 Å². The molecule has 1 unspecified atom stereocenters. The van der Waals surface area contributed by atoms with Gasteiger partial charge in [-0.2, -0.15) is 0 Å². The summed E-state index contributed by atoms with van der Waals surface area (Å²) in [5, 5.41) is 8.94. The van der Waals surface area contributed by atoms with Crippen molar-refractivity contribution in [2.24, 2.45) is 0 Å². The van der Waals surface area contributed by atoms with Crippen LogP contribution in [0.3, 0.4) is 0 Å². The smallest absolute Gasteiger partial charge is 0.215 e. The molecule has 5 nitrogen and oxygen atoms in total. The fraction of sp³-hybridized carbons (Fsp3) is 0.571. The van der Waals surface area contributed by atoms with Gasteiger partial charge in [0.05, 0.1) is 18.5 Å². The van der Waals surface area contributed by atoms with Gasteiger partial charge >= 0.3 is 0 Å². The highest BCUT2D eigenvalue weighted by Gasteiger charge is 2.17. The number of rotatable bonds is 7. The van der Waals surface area contributed by atoms with E-state index in [-0.39, 0.29) is 18.5 Å². The standard InChI is InChI=1S/C14H21NO4S/c16-10-12-3-5-13(6-4-12)11-20(17,18)15-8-7-14-2-1-9-19-14/h3-6,14-16H,1-2,7-11H2. The Kier molecular flexibility index (Phi) is 5.54. The van der Waals surface area contributed by atoms with Gasteiger partial charge in [0.1, 0.15) is 0 Å². The molecule has 0 aromatic heterocycles. The van der Waals surface area contributed by atoms with E-state index in [0.717, 1.165) is 31.4 Å². The number of sulfonamides is 1. The van der Waals surface area contributed by atoms with E-state index in [1.54, 1.807) is 24.3 Å². The van der Waals surface area contributed by atoms with Crippen LogP contribution in [0.4, 0.5) is 0 Å². The summed E-state index contributed by atoms with van der Waals surface area (Å²) >= 11 is 0. The second-order valence-electron chi connectivity index (χ2n) is 5.05. The predicted octanol–water partition coefficient (Wildman–Crippen LogP) is 1.17. The maximum atomic E-state index is 11.9. The quantitative estimate of drug-likeness (QED) is 0.792. The van der Waals surface area contributed by atoms with Crippen LogP contribution in [-0.2, 0) is 27.1 Å². The van der Waals surface area contributed by atoms with Gasteiger partial charge in [-0.1, -0.05) is 24.3 Å². The molecular formula is C14H21NO4S. The molecule has 2 rings (SSSR count). The molecular weight excluding hydrogens is 278 g/mol. The van der Waals surface area contributed by atoms with E-state index in [0.29, 0.717) is 12.1 Å². The average Bonchev–Trinajstić information content (AvgIpc) is 2.92. The molecule has 2 N–H and O–H groups in total. The van der Waals surface area contributed by atoms with E-state index in [9.17, 15) is 8.42 Å². The molecule has 0 radical (unpaired) electrons. The number of nitrogens with one attached hydrogen (secondary N) is 1. The largest absolute Gasteiger partial charge is 0.392 e. The van der Waals surface area contributed by atoms with Crippen molar-refractivity contribution in [3.05, 3.63) is 35.4 Å². The van der Waals surface area contributed by atoms with Crippen molar-refractivity contribution < 1.29 is 18.3 Å². The van der Waals surface area contributed by atoms with Gasteiger partial charge in [-0.15, -0.1) is 0 Å². The van der Waals surface area contributed by atoms with Gasteiger partial charge in [0.25, 0.3) is 0 Å². The Morgan fingerprint density at radius 1 is 1.25 bits per heavy atom. The van der Waals surface area contributed by atoms with E-state index in [1.165, 1.54) is 0 Å². The van der Waals surface area contributed by atoms with Crippen molar-refractivity contribution in [1.29, 1.82) is 0 Å². The Bertz CT molecular complexity index is 506. The van der Waals surface area contributed by atoms with Gasteiger partial charge in [0, 0.05) is 13.2 Å². The predicted molar refractivity (Wildman–Crippen MR) is 76.6 cm³/mol. The van der Waals surface area contributed by atoms with Crippen molar-refractivity contribution in [3.63, 3.8) is 0 Å². The van der Waals surface area contributed by atoms with Gasteiger partial charge in [0.15, 0.2) is 0 Å². The summed E-state index contributed by atoms with van der Waals surface area (Å²) in [5.74, 6) is -0.0375. The number of aliphatic hydroxyl groups excluding tert-OH is 1. The molecule has 6 heteroatoms. The van der Waals surface area contributed by atoms with Crippen LogP contribution in [0.2, 0.25) is 0 Å². The lowest BCUT2D eigenvalue weighted by Crippen LogP contribution is -2.28. The minimum atomic E-state index is -3.31. The maximum Gasteiger partial charge on any atom is 0.215 e. The van der Waals surface area contributed by atoms with Crippen LogP contribution in [0.25, 0.3) is 0 Å². The van der Waals surface area contributed by atoms with E-state index in [1.807, 2.05) is 0 Å². The molecule has 1 atom stereocenters. The van der Waals surface area contributed by atoms with Crippen LogP contribution in [0.15, 0.2) is 24.3 Å². The first-order valence-electron chi connectivity index (χ1n) is 6.87. The SMILES string of the molecule is O=S(=O)(Cc1ccc(CO)cc1)NCCC1CCCO1. The van der Waals surface area contributed by atoms with Crippen molar-refractivity contribution >= 4 is 10.0 Å². The molecule has 1 saturated heterocycles. The zero-order valence-electron chi connectivity index (χ0n) is 11.4. The second-order valence-corrected chi connectivity index (χ2v) is 6.86. The topological polar surface area (TPSA) is 75.6 Å². The summed E-state index contributed by atoms with van der Waals surface area (Å²) in [6, 6.07) is 6.92. The van der Waals surface area contributed by atoms with Crippen molar-refractivity contribution in [3.8, 4) is 0 Å². The van der Waals surface area contributed by atoms with E-state index >= 15 is 0 Å². The molecule has 0 bridgehead atoms. The molecule has 1 aromatic carbocycles. The molecule has 1 fully saturated rings. The summed E-state index contributed by atoms with van der Waals surface area (Å²) in [6.07, 6.45) is 3.00. The first-order valence-corrected chi connectivity index (χ1v) is 8.52. The Balaban J connectivity index is 1.79. The normalized spacial score (nSPS) is 19.4. The van der Waals surface area contributed by atoms with Gasteiger partial charge < -0.3 is 9.84 Å². The van der Waals surface area contributed by atoms with Crippen molar-refractivity contribution in [1.82, 2.24) is 4.72 Å². The Morgan fingerprint density at radius 3 is 2.55 bits per heavy atom. The first kappa shape index (κ1) is 15.4. The Hall–Kier alpha value is -0.950. The van der Waals surface area contributed by atoms with Gasteiger partial charge in [0.2, 0.25) is 10.0 Å². The number of ether oxygens (including phenoxy) is 1. The summed E-state index contributed by atoms with van der Waals surface area (Å²) in [7, 11) is -3.31. The molecule has 0 spiro atoms. The summed E-state index contributed by atoms with van der Waals surface area (Å²) < 4.78 is 31.9. The van der Waals surface area contributed by atoms with Crippen LogP contribution in [0.1, 0.15) is 30.4 Å². The molecule has 0 amide bonds. The lowest BCUT2D eigenvalue weighted by atomic mass is 10.2. The molecule has 0 saturated carbocycles. The Morgan fingerprint density at radius 2 is 1.95 bits per heavy atom. The van der Waals surface area contributed by atoms with Crippen LogP contribution < -0.4 is 4.72 Å². The molecule has 1 aliphatic heterocycles. The third-order valence-corrected chi connectivity index (χ3v) is 4.73. The number of hydrogen-bond donors (Lipinski definition) is 2. The van der Waals surface area contributed by atoms with E-state index in [4.69, 9.17) is 9.84 Å². The number of aliphatic hydroxyl groups is 1. The molecule has 0 aliphatic carbocycles. The van der Waals surface area contributed by atoms with Crippen LogP contribution >= 0.6 is 0 Å². The van der Waals surface area contributed by atoms with Gasteiger partial charge in [-0.25, -0.2) is 13.1 Å². The summed E-state index contributed by atoms with van der Waals surface area (Å²) in [5.41, 5.74) is 1.49. The van der Waals surface area contributed by atoms with E-state index < -0.39 is 10.0 Å². The molecule has 112 valence electrons. The van der Waals surface area contributed by atoms with Gasteiger partial charge in [-0.3, -0.25) is 0 Å². The maximum absolute atomic E-state index is 11.9. The van der Waals surface area contributed by atoms with Crippen LogP contribution in [-0.4, -0.2) is 32.8 Å².